The second-order valence-electron chi connectivity index (χ2n) is 33.8. The van der Waals surface area contributed by atoms with Gasteiger partial charge in [0.2, 0.25) is 12.0 Å². The Morgan fingerprint density at radius 2 is 0.959 bits per heavy atom. The zero-order chi connectivity index (χ0) is 90.9. The Hall–Kier alpha value is -8.36. The average Bonchev–Trinajstić information content (AvgIpc) is 0.845. The van der Waals surface area contributed by atoms with Crippen molar-refractivity contribution in [3.8, 4) is 0 Å². The van der Waals surface area contributed by atoms with Crippen LogP contribution < -0.4 is 27.5 Å². The van der Waals surface area contributed by atoms with Crippen LogP contribution in [0.25, 0.3) is 0 Å². The molecule has 6 heterocycles. The second-order valence-corrected chi connectivity index (χ2v) is 40.4. The van der Waals surface area contributed by atoms with Crippen LogP contribution in [-0.4, -0.2) is 137 Å². The van der Waals surface area contributed by atoms with E-state index in [1.165, 1.54) is 134 Å². The van der Waals surface area contributed by atoms with Crippen LogP contribution in [0.4, 0.5) is 53.5 Å². The molecule has 4 N–H and O–H groups in total. The van der Waals surface area contributed by atoms with Crippen molar-refractivity contribution in [1.29, 1.82) is 0 Å². The van der Waals surface area contributed by atoms with E-state index in [2.05, 4.69) is 61.7 Å². The van der Waals surface area contributed by atoms with Crippen LogP contribution in [0.1, 0.15) is 171 Å². The summed E-state index contributed by atoms with van der Waals surface area (Å²) in [6.07, 6.45) is 31.2. The maximum atomic E-state index is 13.3. The highest BCUT2D eigenvalue weighted by Gasteiger charge is 2.29. The molecule has 2 aromatic heterocycles. The van der Waals surface area contributed by atoms with Crippen LogP contribution in [0, 0.1) is 91.3 Å². The van der Waals surface area contributed by atoms with Crippen LogP contribution in [0.2, 0.25) is 19.6 Å². The molecule has 18 nitrogen and oxygen atoms in total. The molecule has 4 saturated heterocycles. The molecule has 123 heavy (non-hydrogen) atoms. The first-order valence-corrected chi connectivity index (χ1v) is 47.5. The Balaban J connectivity index is 0.000000255. The molecular weight excluding hydrogens is 1800 g/mol. The molecule has 0 spiro atoms. The van der Waals surface area contributed by atoms with Crippen molar-refractivity contribution >= 4 is 70.9 Å². The quantitative estimate of drug-likeness (QED) is 0.0187. The van der Waals surface area contributed by atoms with E-state index in [9.17, 15) is 72.7 Å². The molecule has 7 aromatic rings. The number of nitrogens with one attached hydrogen (secondary N) is 2. The van der Waals surface area contributed by atoms with Crippen LogP contribution in [0.3, 0.4) is 0 Å². The van der Waals surface area contributed by atoms with Crippen molar-refractivity contribution in [1.82, 2.24) is 44.4 Å². The lowest BCUT2D eigenvalue weighted by atomic mass is 9.83. The lowest BCUT2D eigenvalue weighted by Crippen LogP contribution is -2.42. The van der Waals surface area contributed by atoms with Crippen molar-refractivity contribution in [3.05, 3.63) is 243 Å². The highest BCUT2D eigenvalue weighted by molar-refractivity contribution is 14.1. The molecule has 676 valence electrons. The van der Waals surface area contributed by atoms with E-state index in [1.807, 2.05) is 63.0 Å². The Kier molecular flexibility index (Phi) is 46.6. The van der Waals surface area contributed by atoms with E-state index >= 15 is 0 Å². The van der Waals surface area contributed by atoms with Gasteiger partial charge in [-0.15, -0.1) is 0 Å². The number of rotatable bonds is 13. The van der Waals surface area contributed by atoms with Crippen LogP contribution >= 0.6 is 38.5 Å². The summed E-state index contributed by atoms with van der Waals surface area (Å²) in [5.74, 6) is -5.30. The summed E-state index contributed by atoms with van der Waals surface area (Å²) in [5.41, 5.74) is 9.72. The summed E-state index contributed by atoms with van der Waals surface area (Å²) in [6, 6.07) is 20.5. The van der Waals surface area contributed by atoms with Gasteiger partial charge in [-0.05, 0) is 333 Å². The third kappa shape index (κ3) is 41.5. The van der Waals surface area contributed by atoms with Gasteiger partial charge in [-0.3, -0.25) is 19.4 Å². The maximum absolute atomic E-state index is 13.3. The molecule has 6 fully saturated rings. The Morgan fingerprint density at radius 1 is 0.569 bits per heavy atom. The van der Waals surface area contributed by atoms with Gasteiger partial charge in [0.1, 0.15) is 10.2 Å². The monoisotopic (exact) mass is 1920 g/mol. The van der Waals surface area contributed by atoms with Gasteiger partial charge >= 0.3 is 12.1 Å². The number of benzene rings is 5. The van der Waals surface area contributed by atoms with Crippen molar-refractivity contribution in [2.45, 2.75) is 207 Å². The molecule has 2 aliphatic carbocycles. The lowest BCUT2D eigenvalue weighted by molar-refractivity contribution is -0.131. The third-order valence-corrected chi connectivity index (χ3v) is 23.4. The second kappa shape index (κ2) is 54.5. The number of likely N-dealkylation sites (tertiary alicyclic amines) is 3. The fraction of sp³-hybridized carbons (Fsp3) is 0.522. The molecule has 2 atom stereocenters. The number of aromatic nitrogens is 4. The highest BCUT2D eigenvalue weighted by atomic mass is 127. The number of halogens is 12. The number of nitrogens with zero attached hydrogens (tertiary/aromatic N) is 8. The number of urea groups is 1. The fourth-order valence-corrected chi connectivity index (χ4v) is 15.7. The number of amides is 4. The number of hydrogen-bond acceptors (Lipinski definition) is 12. The first-order valence-electron chi connectivity index (χ1n) is 42.2. The predicted octanol–water partition coefficient (Wildman–Crippen LogP) is 20.0. The smallest absolute Gasteiger partial charge is 0.410 e. The van der Waals surface area contributed by atoms with Crippen LogP contribution in [0.5, 0.6) is 0 Å². The first-order chi connectivity index (χ1) is 58.2. The number of primary amides is 1. The van der Waals surface area contributed by atoms with Crippen molar-refractivity contribution in [2.24, 2.45) is 54.1 Å². The Labute approximate surface area is 741 Å². The summed E-state index contributed by atoms with van der Waals surface area (Å²) in [5, 5.41) is 6.69. The third-order valence-electron chi connectivity index (χ3n) is 21.6. The van der Waals surface area contributed by atoms with E-state index < -0.39 is 72.0 Å². The Bertz CT molecular complexity index is 4600. The minimum atomic E-state index is -1.46. The number of nitrogens with two attached hydrogens (primary N) is 1. The van der Waals surface area contributed by atoms with E-state index in [4.69, 9.17) is 10.5 Å². The molecule has 0 bridgehead atoms. The SMILES string of the molecule is C=C1CCCCC1.CC(C)(C)OC(=O)N1CCC(Cc2ccc(F)c(F)c2)CC1.CC[C@@H]1CCCC[C@H]1NC.C[Si](C)(C)N=C=O.Cn1cc(Br)ncc1=O.Cn1cc(CC(=O)N2CCC(Cc3ccc(F)c(F)c3)CC2)ncc1=O.Fc1ccc(CC2CCNCC2)cc1F.Fc1ccc(I)cc1F.NC(=O)N1CCC(Cc2ccc(F)c(F)c2)CC1. The predicted molar refractivity (Wildman–Crippen MR) is 478 cm³/mol. The maximum Gasteiger partial charge on any atom is 0.410 e. The molecule has 13 rings (SSSR count). The number of isocyanates is 1. The van der Waals surface area contributed by atoms with Crippen molar-refractivity contribution in [2.75, 3.05) is 59.4 Å². The van der Waals surface area contributed by atoms with Crippen molar-refractivity contribution < 1.29 is 67.8 Å². The summed E-state index contributed by atoms with van der Waals surface area (Å²) in [4.78, 5) is 79.8. The van der Waals surface area contributed by atoms with Crippen molar-refractivity contribution in [3.63, 3.8) is 0 Å². The number of hydrogen-bond donors (Lipinski definition) is 3. The number of carbonyl (C=O) groups is 3. The van der Waals surface area contributed by atoms with E-state index in [0.29, 0.717) is 96.1 Å². The molecule has 0 radical (unpaired) electrons. The standard InChI is InChI=1S/C19H21F2N3O2.C17H23F2NO2.C13H16F2N2O.C12H15F2N.C9H19N.C7H12.C6H3F2I.C5H5BrN2O.C4H9NOSi/c1-23-12-15(22-11-19(23)26)10-18(25)24-6-4-13(5-7-24)8-14-2-3-16(20)17(21)9-14;1-17(2,3)22-16(21)20-8-6-12(7-9-20)10-13-4-5-14(18)15(19)11-13;14-11-2-1-10(8-12(11)15)7-9-3-5-17(6-4-9)13(16)18;13-11-2-1-10(8-12(11)14)7-9-3-5-15-6-4-9;1-3-8-6-4-5-7-9(8)10-2;1-7-5-3-2-4-6-7;7-5-2-1-4(9)3-6(5)8;1-8-3-4(6)7-2-5(8)9;1-7(2,3)5-4-6/h2-3,9,11-13H,4-8,10H2,1H3;4-5,11-12H,6-10H2,1-3H3;1-2,8-9H,3-7H2,(H2,16,18);1-2,8-9,15H,3-7H2;8-10H,3-7H2,1-2H3;1-6H2;1-3H;2-3H,1H3;1-3H3/t;;;;8-,9-;;;;/m....1..../s1. The number of aryl methyl sites for hydroxylation is 2. The summed E-state index contributed by atoms with van der Waals surface area (Å²) in [6.45, 7) is 23.6. The first kappa shape index (κ1) is 105. The largest absolute Gasteiger partial charge is 0.444 e. The van der Waals surface area contributed by atoms with Gasteiger partial charge in [-0.25, -0.2) is 67.9 Å². The van der Waals surface area contributed by atoms with Gasteiger partial charge < -0.3 is 44.9 Å². The van der Waals surface area contributed by atoms with Crippen LogP contribution in [0.15, 0.2) is 147 Å². The number of ether oxygens (including phenoxy) is 1. The number of allylic oxidation sites excluding steroid dienone is 1. The molecule has 6 aliphatic rings. The van der Waals surface area contributed by atoms with Gasteiger partial charge in [-0.2, -0.15) is 0 Å². The summed E-state index contributed by atoms with van der Waals surface area (Å²) in [7, 11) is 3.94. The molecule has 4 amide bonds. The molecule has 31 heteroatoms. The van der Waals surface area contributed by atoms with Gasteiger partial charge in [0, 0.05) is 75.4 Å². The topological polar surface area (TPSA) is 219 Å². The van der Waals surface area contributed by atoms with E-state index in [0.717, 1.165) is 129 Å². The van der Waals surface area contributed by atoms with Gasteiger partial charge in [0.05, 0.1) is 24.5 Å². The molecule has 0 unspecified atom stereocenters. The number of piperidine rings is 4. The van der Waals surface area contributed by atoms with E-state index in [-0.39, 0.29) is 35.6 Å². The van der Waals surface area contributed by atoms with Gasteiger partial charge in [0.15, 0.2) is 66.4 Å². The van der Waals surface area contributed by atoms with Gasteiger partial charge in [0.25, 0.3) is 11.1 Å². The van der Waals surface area contributed by atoms with Crippen LogP contribution in [-0.2, 0) is 60.5 Å². The number of carbonyl (C=O) groups excluding carboxylic acids is 4. The molecule has 2 saturated carbocycles. The summed E-state index contributed by atoms with van der Waals surface area (Å²) < 4.78 is 141. The Morgan fingerprint density at radius 3 is 1.28 bits per heavy atom. The highest BCUT2D eigenvalue weighted by Crippen LogP contribution is 2.30. The zero-order valence-electron chi connectivity index (χ0n) is 72.6. The minimum absolute atomic E-state index is 0.0116. The van der Waals surface area contributed by atoms with E-state index in [1.54, 1.807) is 71.5 Å². The average molecular weight is 1920 g/mol. The zero-order valence-corrected chi connectivity index (χ0v) is 77.4. The fourth-order valence-electron chi connectivity index (χ4n) is 14.6. The van der Waals surface area contributed by atoms with Gasteiger partial charge in [-0.1, -0.05) is 69.0 Å². The lowest BCUT2D eigenvalue weighted by Gasteiger charge is -2.33. The summed E-state index contributed by atoms with van der Waals surface area (Å²) >= 11 is 5.04. The molecule has 5 aromatic carbocycles. The normalized spacial score (nSPS) is 16.9. The molecular formula is C92H123BrF10IN11O7Si. The molecule has 4 aliphatic heterocycles. The minimum Gasteiger partial charge on any atom is -0.444 e.